The summed E-state index contributed by atoms with van der Waals surface area (Å²) in [4.78, 5) is 25.4. The number of nitrogens with one attached hydrogen (secondary N) is 1. The Morgan fingerprint density at radius 3 is 2.92 bits per heavy atom. The summed E-state index contributed by atoms with van der Waals surface area (Å²) < 4.78 is 13.3. The molecule has 0 atom stereocenters. The smallest absolute Gasteiger partial charge is 0.322 e. The summed E-state index contributed by atoms with van der Waals surface area (Å²) in [6.07, 6.45) is 0.680. The number of nitrogens with zero attached hydrogens (tertiary/aromatic N) is 4. The van der Waals surface area contributed by atoms with Gasteiger partial charge in [-0.1, -0.05) is 6.07 Å². The number of carbonyl (C=O) groups excluding carboxylic acids is 1. The van der Waals surface area contributed by atoms with Gasteiger partial charge in [-0.25, -0.2) is 19.2 Å². The Labute approximate surface area is 146 Å². The Hall–Kier alpha value is -2.70. The molecule has 132 valence electrons. The second-order valence-electron chi connectivity index (χ2n) is 6.15. The first-order chi connectivity index (χ1) is 12.0. The molecule has 2 aromatic rings. The van der Waals surface area contributed by atoms with Gasteiger partial charge in [-0.2, -0.15) is 0 Å². The molecule has 2 heterocycles. The predicted molar refractivity (Wildman–Crippen MR) is 95.2 cm³/mol. The standard InChI is InChI=1S/C18H22FN5O/c1-4-23(3)17-15-11-24(9-8-16(15)20-12(2)21-17)18(25)22-14-7-5-6-13(19)10-14/h5-7,10H,4,8-9,11H2,1-3H3,(H,22,25). The van der Waals surface area contributed by atoms with Crippen LogP contribution in [0, 0.1) is 12.7 Å². The van der Waals surface area contributed by atoms with Crippen molar-refractivity contribution in [3.8, 4) is 0 Å². The third-order valence-corrected chi connectivity index (χ3v) is 4.35. The maximum Gasteiger partial charge on any atom is 0.322 e. The van der Waals surface area contributed by atoms with Crippen molar-refractivity contribution in [3.63, 3.8) is 0 Å². The van der Waals surface area contributed by atoms with Gasteiger partial charge >= 0.3 is 6.03 Å². The van der Waals surface area contributed by atoms with Crippen LogP contribution in [0.15, 0.2) is 24.3 Å². The Balaban J connectivity index is 1.81. The number of carbonyl (C=O) groups is 1. The maximum atomic E-state index is 13.3. The van der Waals surface area contributed by atoms with Crippen molar-refractivity contribution in [3.05, 3.63) is 47.2 Å². The van der Waals surface area contributed by atoms with Gasteiger partial charge in [0.05, 0.1) is 12.2 Å². The van der Waals surface area contributed by atoms with Gasteiger partial charge in [0.2, 0.25) is 0 Å². The van der Waals surface area contributed by atoms with Crippen molar-refractivity contribution in [1.29, 1.82) is 0 Å². The molecule has 6 nitrogen and oxygen atoms in total. The van der Waals surface area contributed by atoms with Crippen molar-refractivity contribution in [2.45, 2.75) is 26.8 Å². The van der Waals surface area contributed by atoms with E-state index in [1.807, 2.05) is 14.0 Å². The van der Waals surface area contributed by atoms with Crippen LogP contribution in [0.1, 0.15) is 24.0 Å². The minimum absolute atomic E-state index is 0.248. The van der Waals surface area contributed by atoms with Crippen LogP contribution in [-0.2, 0) is 13.0 Å². The first-order valence-corrected chi connectivity index (χ1v) is 8.37. The molecule has 0 bridgehead atoms. The van der Waals surface area contributed by atoms with Gasteiger partial charge in [-0.05, 0) is 32.0 Å². The number of aryl methyl sites for hydroxylation is 1. The van der Waals surface area contributed by atoms with E-state index in [1.54, 1.807) is 17.0 Å². The van der Waals surface area contributed by atoms with E-state index in [1.165, 1.54) is 12.1 Å². The molecule has 2 amide bonds. The molecule has 0 saturated heterocycles. The first kappa shape index (κ1) is 17.1. The molecule has 0 spiro atoms. The van der Waals surface area contributed by atoms with Crippen LogP contribution in [-0.4, -0.2) is 41.0 Å². The Bertz CT molecular complexity index is 795. The lowest BCUT2D eigenvalue weighted by atomic mass is 10.1. The van der Waals surface area contributed by atoms with E-state index in [2.05, 4.69) is 27.1 Å². The third kappa shape index (κ3) is 3.70. The van der Waals surface area contributed by atoms with Crippen LogP contribution in [0.2, 0.25) is 0 Å². The second-order valence-corrected chi connectivity index (χ2v) is 6.15. The molecule has 25 heavy (non-hydrogen) atoms. The zero-order valence-electron chi connectivity index (χ0n) is 14.7. The molecule has 1 aromatic carbocycles. The Morgan fingerprint density at radius 2 is 2.20 bits per heavy atom. The Morgan fingerprint density at radius 1 is 1.40 bits per heavy atom. The van der Waals surface area contributed by atoms with Crippen LogP contribution in [0.3, 0.4) is 0 Å². The highest BCUT2D eigenvalue weighted by molar-refractivity contribution is 5.89. The van der Waals surface area contributed by atoms with Gasteiger partial charge in [0.25, 0.3) is 0 Å². The van der Waals surface area contributed by atoms with Crippen molar-refractivity contribution in [2.24, 2.45) is 0 Å². The molecule has 0 radical (unpaired) electrons. The summed E-state index contributed by atoms with van der Waals surface area (Å²) in [7, 11) is 1.98. The lowest BCUT2D eigenvalue weighted by Gasteiger charge is -2.31. The van der Waals surface area contributed by atoms with E-state index in [-0.39, 0.29) is 11.8 Å². The normalized spacial score (nSPS) is 13.4. The first-order valence-electron chi connectivity index (χ1n) is 8.37. The maximum absolute atomic E-state index is 13.3. The van der Waals surface area contributed by atoms with Crippen LogP contribution in [0.5, 0.6) is 0 Å². The molecule has 1 aliphatic heterocycles. The number of hydrogen-bond acceptors (Lipinski definition) is 4. The Kier molecular flexibility index (Phi) is 4.83. The fourth-order valence-corrected chi connectivity index (χ4v) is 2.92. The van der Waals surface area contributed by atoms with E-state index < -0.39 is 0 Å². The minimum Gasteiger partial charge on any atom is -0.360 e. The summed E-state index contributed by atoms with van der Waals surface area (Å²) in [5, 5.41) is 2.75. The van der Waals surface area contributed by atoms with E-state index in [4.69, 9.17) is 0 Å². The highest BCUT2D eigenvalue weighted by atomic mass is 19.1. The largest absolute Gasteiger partial charge is 0.360 e. The fourth-order valence-electron chi connectivity index (χ4n) is 2.92. The summed E-state index contributed by atoms with van der Waals surface area (Å²) in [6.45, 7) is 5.77. The van der Waals surface area contributed by atoms with Crippen LogP contribution < -0.4 is 10.2 Å². The SMILES string of the molecule is CCN(C)c1nc(C)nc2c1CN(C(=O)Nc1cccc(F)c1)CC2. The molecule has 0 fully saturated rings. The number of halogens is 1. The van der Waals surface area contributed by atoms with Crippen molar-refractivity contribution >= 4 is 17.5 Å². The average molecular weight is 343 g/mol. The molecule has 1 aliphatic rings. The van der Waals surface area contributed by atoms with E-state index in [9.17, 15) is 9.18 Å². The monoisotopic (exact) mass is 343 g/mol. The van der Waals surface area contributed by atoms with Crippen LogP contribution >= 0.6 is 0 Å². The third-order valence-electron chi connectivity index (χ3n) is 4.35. The highest BCUT2D eigenvalue weighted by Gasteiger charge is 2.26. The number of hydrogen-bond donors (Lipinski definition) is 1. The summed E-state index contributed by atoms with van der Waals surface area (Å²) >= 11 is 0. The number of urea groups is 1. The van der Waals surface area contributed by atoms with E-state index in [0.717, 1.165) is 29.4 Å². The molecule has 0 unspecified atom stereocenters. The van der Waals surface area contributed by atoms with Gasteiger partial charge in [0, 0.05) is 37.8 Å². The lowest BCUT2D eigenvalue weighted by molar-refractivity contribution is 0.206. The van der Waals surface area contributed by atoms with Crippen LogP contribution in [0.4, 0.5) is 20.7 Å². The van der Waals surface area contributed by atoms with Crippen molar-refractivity contribution < 1.29 is 9.18 Å². The molecule has 7 heteroatoms. The number of aromatic nitrogens is 2. The lowest BCUT2D eigenvalue weighted by Crippen LogP contribution is -2.40. The average Bonchev–Trinajstić information content (AvgIpc) is 2.59. The molecule has 1 N–H and O–H groups in total. The zero-order chi connectivity index (χ0) is 18.0. The highest BCUT2D eigenvalue weighted by Crippen LogP contribution is 2.26. The molecule has 0 aliphatic carbocycles. The number of rotatable bonds is 3. The van der Waals surface area contributed by atoms with Gasteiger partial charge in [0.15, 0.2) is 0 Å². The number of fused-ring (bicyclic) bond motifs is 1. The molecule has 0 saturated carbocycles. The van der Waals surface area contributed by atoms with Crippen molar-refractivity contribution in [1.82, 2.24) is 14.9 Å². The van der Waals surface area contributed by atoms with Gasteiger partial charge in [-0.3, -0.25) is 0 Å². The number of anilines is 2. The quantitative estimate of drug-likeness (QED) is 0.931. The zero-order valence-corrected chi connectivity index (χ0v) is 14.7. The van der Waals surface area contributed by atoms with Gasteiger partial charge in [-0.15, -0.1) is 0 Å². The topological polar surface area (TPSA) is 61.4 Å². The second kappa shape index (κ2) is 7.04. The summed E-state index contributed by atoms with van der Waals surface area (Å²) in [5.74, 6) is 1.23. The van der Waals surface area contributed by atoms with Gasteiger partial charge in [0.1, 0.15) is 17.5 Å². The van der Waals surface area contributed by atoms with Crippen molar-refractivity contribution in [2.75, 3.05) is 30.4 Å². The predicted octanol–water partition coefficient (Wildman–Crippen LogP) is 2.97. The molecular weight excluding hydrogens is 321 g/mol. The summed E-state index contributed by atoms with van der Waals surface area (Å²) in [5.41, 5.74) is 2.43. The van der Waals surface area contributed by atoms with Crippen LogP contribution in [0.25, 0.3) is 0 Å². The number of benzene rings is 1. The molecule has 3 rings (SSSR count). The fraction of sp³-hybridized carbons (Fsp3) is 0.389. The molecular formula is C18H22FN5O. The molecule has 1 aromatic heterocycles. The summed E-state index contributed by atoms with van der Waals surface area (Å²) in [6, 6.07) is 5.64. The minimum atomic E-state index is -0.377. The number of amides is 2. The van der Waals surface area contributed by atoms with Gasteiger partial charge < -0.3 is 15.1 Å². The van der Waals surface area contributed by atoms with E-state index in [0.29, 0.717) is 25.2 Å². The van der Waals surface area contributed by atoms with E-state index >= 15 is 0 Å².